The first-order valence-corrected chi connectivity index (χ1v) is 8.84. The van der Waals surface area contributed by atoms with E-state index in [1.54, 1.807) is 0 Å². The maximum absolute atomic E-state index is 3.78. The van der Waals surface area contributed by atoms with Gasteiger partial charge < -0.3 is 10.2 Å². The summed E-state index contributed by atoms with van der Waals surface area (Å²) in [6.07, 6.45) is 8.13. The van der Waals surface area contributed by atoms with Gasteiger partial charge in [-0.1, -0.05) is 19.9 Å². The Labute approximate surface area is 129 Å². The maximum atomic E-state index is 3.78. The van der Waals surface area contributed by atoms with E-state index in [0.717, 1.165) is 11.8 Å². The molecule has 1 aromatic carbocycles. The number of benzene rings is 1. The van der Waals surface area contributed by atoms with Crippen LogP contribution >= 0.6 is 0 Å². The highest BCUT2D eigenvalue weighted by Crippen LogP contribution is 2.32. The van der Waals surface area contributed by atoms with Crippen molar-refractivity contribution in [2.24, 2.45) is 11.8 Å². The van der Waals surface area contributed by atoms with Gasteiger partial charge in [0.25, 0.3) is 0 Å². The van der Waals surface area contributed by atoms with Crippen molar-refractivity contribution in [3.8, 4) is 0 Å². The third-order valence-corrected chi connectivity index (χ3v) is 5.40. The van der Waals surface area contributed by atoms with Crippen molar-refractivity contribution < 1.29 is 0 Å². The van der Waals surface area contributed by atoms with E-state index in [0.29, 0.717) is 6.04 Å². The van der Waals surface area contributed by atoms with Crippen LogP contribution in [0.4, 0.5) is 11.4 Å². The summed E-state index contributed by atoms with van der Waals surface area (Å²) in [6, 6.07) is 9.71. The lowest BCUT2D eigenvalue weighted by atomic mass is 9.79. The second kappa shape index (κ2) is 6.72. The molecule has 2 aliphatic rings. The van der Waals surface area contributed by atoms with E-state index >= 15 is 0 Å². The first kappa shape index (κ1) is 14.7. The van der Waals surface area contributed by atoms with Gasteiger partial charge in [0.15, 0.2) is 0 Å². The van der Waals surface area contributed by atoms with E-state index in [1.807, 2.05) is 0 Å². The van der Waals surface area contributed by atoms with Crippen LogP contribution in [-0.4, -0.2) is 19.1 Å². The fraction of sp³-hybridized carbons (Fsp3) is 0.684. The molecule has 1 saturated heterocycles. The number of nitrogens with zero attached hydrogens (tertiary/aromatic N) is 1. The van der Waals surface area contributed by atoms with Crippen molar-refractivity contribution in [3.05, 3.63) is 24.3 Å². The van der Waals surface area contributed by atoms with Crippen molar-refractivity contribution in [1.29, 1.82) is 0 Å². The predicted molar refractivity (Wildman–Crippen MR) is 92.1 cm³/mol. The van der Waals surface area contributed by atoms with Gasteiger partial charge in [-0.05, 0) is 68.6 Å². The van der Waals surface area contributed by atoms with Gasteiger partial charge in [0, 0.05) is 30.5 Å². The van der Waals surface area contributed by atoms with Crippen molar-refractivity contribution in [3.63, 3.8) is 0 Å². The highest BCUT2D eigenvalue weighted by Gasteiger charge is 2.23. The zero-order chi connectivity index (χ0) is 14.7. The van der Waals surface area contributed by atoms with Crippen LogP contribution in [0.3, 0.4) is 0 Å². The number of anilines is 2. The summed E-state index contributed by atoms with van der Waals surface area (Å²) in [5, 5.41) is 3.78. The number of rotatable bonds is 4. The zero-order valence-electron chi connectivity index (χ0n) is 13.6. The third kappa shape index (κ3) is 3.72. The van der Waals surface area contributed by atoms with Gasteiger partial charge in [0.05, 0.1) is 0 Å². The second-order valence-electron chi connectivity index (χ2n) is 7.24. The maximum Gasteiger partial charge on any atom is 0.0386 e. The molecule has 0 aromatic heterocycles. The smallest absolute Gasteiger partial charge is 0.0386 e. The summed E-state index contributed by atoms with van der Waals surface area (Å²) >= 11 is 0. The molecule has 3 rings (SSSR count). The number of hydrogen-bond acceptors (Lipinski definition) is 2. The van der Waals surface area contributed by atoms with E-state index in [9.17, 15) is 0 Å². The van der Waals surface area contributed by atoms with Crippen LogP contribution in [-0.2, 0) is 0 Å². The Morgan fingerprint density at radius 1 is 1.05 bits per heavy atom. The molecule has 0 radical (unpaired) electrons. The minimum atomic E-state index is 0.675. The number of nitrogens with one attached hydrogen (secondary N) is 1. The van der Waals surface area contributed by atoms with Gasteiger partial charge in [-0.3, -0.25) is 0 Å². The summed E-state index contributed by atoms with van der Waals surface area (Å²) in [5.41, 5.74) is 2.71. The molecular weight excluding hydrogens is 256 g/mol. The van der Waals surface area contributed by atoms with E-state index < -0.39 is 0 Å². The Morgan fingerprint density at radius 2 is 1.76 bits per heavy atom. The van der Waals surface area contributed by atoms with Crippen molar-refractivity contribution in [1.82, 2.24) is 0 Å². The molecule has 2 heteroatoms. The Morgan fingerprint density at radius 3 is 2.43 bits per heavy atom. The van der Waals surface area contributed by atoms with Crippen LogP contribution in [0.5, 0.6) is 0 Å². The van der Waals surface area contributed by atoms with E-state index in [4.69, 9.17) is 0 Å². The molecule has 1 aromatic rings. The van der Waals surface area contributed by atoms with Crippen LogP contribution in [0, 0.1) is 11.8 Å². The van der Waals surface area contributed by atoms with Gasteiger partial charge >= 0.3 is 0 Å². The van der Waals surface area contributed by atoms with Crippen LogP contribution in [0.15, 0.2) is 24.3 Å². The fourth-order valence-electron chi connectivity index (χ4n) is 3.93. The molecule has 1 heterocycles. The molecule has 0 spiro atoms. The number of hydrogen-bond donors (Lipinski definition) is 1. The Hall–Kier alpha value is -1.18. The normalized spacial score (nSPS) is 26.3. The fourth-order valence-corrected chi connectivity index (χ4v) is 3.93. The van der Waals surface area contributed by atoms with Crippen LogP contribution in [0.25, 0.3) is 0 Å². The van der Waals surface area contributed by atoms with Crippen LogP contribution in [0.1, 0.15) is 52.4 Å². The molecule has 1 aliphatic carbocycles. The first-order chi connectivity index (χ1) is 10.2. The molecule has 116 valence electrons. The lowest BCUT2D eigenvalue weighted by molar-refractivity contribution is 0.267. The molecule has 0 bridgehead atoms. The Bertz CT molecular complexity index is 441. The van der Waals surface area contributed by atoms with Crippen molar-refractivity contribution in [2.45, 2.75) is 58.4 Å². The lowest BCUT2D eigenvalue weighted by Crippen LogP contribution is -2.28. The molecule has 2 fully saturated rings. The van der Waals surface area contributed by atoms with Gasteiger partial charge in [0.2, 0.25) is 0 Å². The summed E-state index contributed by atoms with van der Waals surface area (Å²) in [5.74, 6) is 1.79. The first-order valence-electron chi connectivity index (χ1n) is 8.84. The SMILES string of the molecule is CC(C)C1CCC(Nc2cccc(N3CCCC3)c2)CC1. The molecular formula is C19H30N2. The average Bonchev–Trinajstić information content (AvgIpc) is 3.02. The van der Waals surface area contributed by atoms with E-state index in [-0.39, 0.29) is 0 Å². The van der Waals surface area contributed by atoms with Gasteiger partial charge in [0.1, 0.15) is 0 Å². The van der Waals surface area contributed by atoms with Crippen molar-refractivity contribution in [2.75, 3.05) is 23.3 Å². The van der Waals surface area contributed by atoms with Gasteiger partial charge in [-0.25, -0.2) is 0 Å². The third-order valence-electron chi connectivity index (χ3n) is 5.40. The zero-order valence-corrected chi connectivity index (χ0v) is 13.6. The predicted octanol–water partition coefficient (Wildman–Crippen LogP) is 4.91. The monoisotopic (exact) mass is 286 g/mol. The van der Waals surface area contributed by atoms with Crippen molar-refractivity contribution >= 4 is 11.4 Å². The van der Waals surface area contributed by atoms with Crippen LogP contribution < -0.4 is 10.2 Å². The Kier molecular flexibility index (Phi) is 4.72. The summed E-state index contributed by atoms with van der Waals surface area (Å²) in [6.45, 7) is 7.20. The minimum Gasteiger partial charge on any atom is -0.382 e. The molecule has 0 unspecified atom stereocenters. The highest BCUT2D eigenvalue weighted by atomic mass is 15.1. The topological polar surface area (TPSA) is 15.3 Å². The van der Waals surface area contributed by atoms with E-state index in [1.165, 1.54) is 63.0 Å². The van der Waals surface area contributed by atoms with Gasteiger partial charge in [-0.15, -0.1) is 0 Å². The second-order valence-corrected chi connectivity index (χ2v) is 7.24. The van der Waals surface area contributed by atoms with Crippen LogP contribution in [0.2, 0.25) is 0 Å². The quantitative estimate of drug-likeness (QED) is 0.845. The summed E-state index contributed by atoms with van der Waals surface area (Å²) in [4.78, 5) is 2.51. The average molecular weight is 286 g/mol. The molecule has 0 amide bonds. The molecule has 21 heavy (non-hydrogen) atoms. The highest BCUT2D eigenvalue weighted by molar-refractivity contribution is 5.58. The molecule has 0 atom stereocenters. The molecule has 1 saturated carbocycles. The Balaban J connectivity index is 1.57. The lowest BCUT2D eigenvalue weighted by Gasteiger charge is -2.32. The van der Waals surface area contributed by atoms with E-state index in [2.05, 4.69) is 48.3 Å². The summed E-state index contributed by atoms with van der Waals surface area (Å²) < 4.78 is 0. The molecule has 1 aliphatic heterocycles. The molecule has 1 N–H and O–H groups in total. The minimum absolute atomic E-state index is 0.675. The summed E-state index contributed by atoms with van der Waals surface area (Å²) in [7, 11) is 0. The van der Waals surface area contributed by atoms with Gasteiger partial charge in [-0.2, -0.15) is 0 Å². The molecule has 2 nitrogen and oxygen atoms in total. The largest absolute Gasteiger partial charge is 0.382 e. The standard InChI is InChI=1S/C19H30N2/c1-15(2)16-8-10-17(11-9-16)20-18-6-5-7-19(14-18)21-12-3-4-13-21/h5-7,14-17,20H,3-4,8-13H2,1-2H3.